The lowest BCUT2D eigenvalue weighted by Gasteiger charge is -2.08. The lowest BCUT2D eigenvalue weighted by atomic mass is 10.2. The van der Waals surface area contributed by atoms with Crippen LogP contribution < -0.4 is 15.4 Å². The SMILES string of the molecule is O=C(Oc1ccc(NC(=O)c2cccs2)cc1)c1cccc(Nc2ncccn2)c1. The molecule has 7 nitrogen and oxygen atoms in total. The molecule has 0 aliphatic rings. The lowest BCUT2D eigenvalue weighted by molar-refractivity contribution is 0.0734. The minimum Gasteiger partial charge on any atom is -0.423 e. The van der Waals surface area contributed by atoms with Crippen LogP contribution in [0.15, 0.2) is 84.5 Å². The van der Waals surface area contributed by atoms with E-state index in [-0.39, 0.29) is 5.91 Å². The molecular formula is C22H16N4O3S. The van der Waals surface area contributed by atoms with Gasteiger partial charge >= 0.3 is 5.97 Å². The number of ether oxygens (including phenoxy) is 1. The van der Waals surface area contributed by atoms with Gasteiger partial charge in [0.15, 0.2) is 0 Å². The van der Waals surface area contributed by atoms with Gasteiger partial charge in [0.25, 0.3) is 5.91 Å². The van der Waals surface area contributed by atoms with E-state index in [4.69, 9.17) is 4.74 Å². The van der Waals surface area contributed by atoms with Gasteiger partial charge in [-0.2, -0.15) is 0 Å². The van der Waals surface area contributed by atoms with E-state index in [2.05, 4.69) is 20.6 Å². The highest BCUT2D eigenvalue weighted by Gasteiger charge is 2.11. The number of carbonyl (C=O) groups is 2. The number of amides is 1. The number of thiophene rings is 1. The second-order valence-electron chi connectivity index (χ2n) is 6.12. The molecule has 8 heteroatoms. The topological polar surface area (TPSA) is 93.2 Å². The molecule has 2 N–H and O–H groups in total. The van der Waals surface area contributed by atoms with Gasteiger partial charge in [-0.3, -0.25) is 4.79 Å². The number of hydrogen-bond acceptors (Lipinski definition) is 7. The molecule has 1 amide bonds. The molecule has 0 radical (unpaired) electrons. The van der Waals surface area contributed by atoms with Crippen molar-refractivity contribution in [3.63, 3.8) is 0 Å². The van der Waals surface area contributed by atoms with E-state index in [9.17, 15) is 9.59 Å². The molecule has 0 atom stereocenters. The zero-order valence-electron chi connectivity index (χ0n) is 15.6. The summed E-state index contributed by atoms with van der Waals surface area (Å²) in [6, 6.07) is 18.8. The third-order valence-electron chi connectivity index (χ3n) is 3.99. The highest BCUT2D eigenvalue weighted by molar-refractivity contribution is 7.12. The number of anilines is 3. The first kappa shape index (κ1) is 19.3. The number of hydrogen-bond donors (Lipinski definition) is 2. The van der Waals surface area contributed by atoms with Crippen LogP contribution in [0.5, 0.6) is 5.75 Å². The Bertz CT molecular complexity index is 1150. The summed E-state index contributed by atoms with van der Waals surface area (Å²) in [5.74, 6) is 0.131. The molecule has 0 spiro atoms. The number of esters is 1. The number of carbonyl (C=O) groups excluding carboxylic acids is 2. The van der Waals surface area contributed by atoms with Crippen LogP contribution in [-0.2, 0) is 0 Å². The minimum absolute atomic E-state index is 0.179. The predicted octanol–water partition coefficient (Wildman–Crippen LogP) is 4.75. The summed E-state index contributed by atoms with van der Waals surface area (Å²) in [6.45, 7) is 0. The van der Waals surface area contributed by atoms with Crippen molar-refractivity contribution in [1.82, 2.24) is 9.97 Å². The van der Waals surface area contributed by atoms with Crippen LogP contribution in [0.4, 0.5) is 17.3 Å². The van der Waals surface area contributed by atoms with E-state index in [1.807, 2.05) is 11.4 Å². The molecule has 0 unspecified atom stereocenters. The normalized spacial score (nSPS) is 10.3. The van der Waals surface area contributed by atoms with Gasteiger partial charge in [-0.25, -0.2) is 14.8 Å². The van der Waals surface area contributed by atoms with Gasteiger partial charge in [-0.05, 0) is 60.0 Å². The van der Waals surface area contributed by atoms with Crippen molar-refractivity contribution in [2.24, 2.45) is 0 Å². The molecule has 4 aromatic rings. The molecule has 2 aromatic carbocycles. The van der Waals surface area contributed by atoms with E-state index in [1.54, 1.807) is 73.1 Å². The van der Waals surface area contributed by atoms with Gasteiger partial charge in [0, 0.05) is 23.8 Å². The first-order valence-corrected chi connectivity index (χ1v) is 9.86. The van der Waals surface area contributed by atoms with Crippen molar-refractivity contribution < 1.29 is 14.3 Å². The summed E-state index contributed by atoms with van der Waals surface area (Å²) < 4.78 is 5.43. The Hall–Kier alpha value is -4.04. The number of rotatable bonds is 6. The van der Waals surface area contributed by atoms with Crippen LogP contribution in [0.25, 0.3) is 0 Å². The summed E-state index contributed by atoms with van der Waals surface area (Å²) >= 11 is 1.37. The van der Waals surface area contributed by atoms with Gasteiger partial charge in [0.1, 0.15) is 5.75 Å². The maximum Gasteiger partial charge on any atom is 0.343 e. The summed E-state index contributed by atoms with van der Waals surface area (Å²) in [5, 5.41) is 7.67. The highest BCUT2D eigenvalue weighted by atomic mass is 32.1. The smallest absolute Gasteiger partial charge is 0.343 e. The first-order valence-electron chi connectivity index (χ1n) is 8.98. The summed E-state index contributed by atoms with van der Waals surface area (Å²) in [7, 11) is 0. The van der Waals surface area contributed by atoms with E-state index in [0.717, 1.165) is 0 Å². The maximum atomic E-state index is 12.5. The van der Waals surface area contributed by atoms with Crippen molar-refractivity contribution in [2.45, 2.75) is 0 Å². The molecule has 4 rings (SSSR count). The molecule has 0 fully saturated rings. The number of aromatic nitrogens is 2. The largest absolute Gasteiger partial charge is 0.423 e. The van der Waals surface area contributed by atoms with Gasteiger partial charge in [-0.1, -0.05) is 12.1 Å². The average Bonchev–Trinajstić information content (AvgIpc) is 3.31. The molecule has 0 aliphatic carbocycles. The molecular weight excluding hydrogens is 400 g/mol. The Morgan fingerprint density at radius 2 is 1.67 bits per heavy atom. The fourth-order valence-corrected chi connectivity index (χ4v) is 3.21. The van der Waals surface area contributed by atoms with Crippen LogP contribution in [-0.4, -0.2) is 21.8 Å². The van der Waals surface area contributed by atoms with Gasteiger partial charge in [0.2, 0.25) is 5.95 Å². The second kappa shape index (κ2) is 8.97. The van der Waals surface area contributed by atoms with E-state index in [0.29, 0.717) is 33.5 Å². The lowest BCUT2D eigenvalue weighted by Crippen LogP contribution is -2.11. The van der Waals surface area contributed by atoms with Crippen molar-refractivity contribution in [3.8, 4) is 5.75 Å². The first-order chi connectivity index (χ1) is 14.7. The van der Waals surface area contributed by atoms with E-state index in [1.165, 1.54) is 11.3 Å². The van der Waals surface area contributed by atoms with Crippen LogP contribution in [0, 0.1) is 0 Å². The average molecular weight is 416 g/mol. The Morgan fingerprint density at radius 3 is 2.40 bits per heavy atom. The summed E-state index contributed by atoms with van der Waals surface area (Å²) in [6.07, 6.45) is 3.25. The Morgan fingerprint density at radius 1 is 0.867 bits per heavy atom. The number of nitrogens with one attached hydrogen (secondary N) is 2. The minimum atomic E-state index is -0.497. The molecule has 148 valence electrons. The zero-order valence-corrected chi connectivity index (χ0v) is 16.4. The third-order valence-corrected chi connectivity index (χ3v) is 4.86. The van der Waals surface area contributed by atoms with Crippen molar-refractivity contribution >= 4 is 40.5 Å². The monoisotopic (exact) mass is 416 g/mol. The number of nitrogens with zero attached hydrogens (tertiary/aromatic N) is 2. The van der Waals surface area contributed by atoms with Gasteiger partial charge in [-0.15, -0.1) is 11.3 Å². The maximum absolute atomic E-state index is 12.5. The quantitative estimate of drug-likeness (QED) is 0.348. The van der Waals surface area contributed by atoms with E-state index >= 15 is 0 Å². The molecule has 2 aromatic heterocycles. The Balaban J connectivity index is 1.39. The summed E-state index contributed by atoms with van der Waals surface area (Å²) in [5.41, 5.74) is 1.66. The molecule has 0 bridgehead atoms. The molecule has 0 aliphatic heterocycles. The van der Waals surface area contributed by atoms with Crippen LogP contribution in [0.2, 0.25) is 0 Å². The highest BCUT2D eigenvalue weighted by Crippen LogP contribution is 2.20. The van der Waals surface area contributed by atoms with Crippen LogP contribution in [0.1, 0.15) is 20.0 Å². The molecule has 2 heterocycles. The second-order valence-corrected chi connectivity index (χ2v) is 7.07. The van der Waals surface area contributed by atoms with E-state index < -0.39 is 5.97 Å². The van der Waals surface area contributed by atoms with Crippen molar-refractivity contribution in [3.05, 3.63) is 94.9 Å². The Kier molecular flexibility index (Phi) is 5.77. The van der Waals surface area contributed by atoms with Crippen molar-refractivity contribution in [2.75, 3.05) is 10.6 Å². The zero-order chi connectivity index (χ0) is 20.8. The van der Waals surface area contributed by atoms with Crippen molar-refractivity contribution in [1.29, 1.82) is 0 Å². The predicted molar refractivity (Wildman–Crippen MR) is 115 cm³/mol. The fraction of sp³-hybridized carbons (Fsp3) is 0. The summed E-state index contributed by atoms with van der Waals surface area (Å²) in [4.78, 5) is 33.4. The third kappa shape index (κ3) is 4.86. The van der Waals surface area contributed by atoms with Gasteiger partial charge in [0.05, 0.1) is 10.4 Å². The molecule has 0 saturated carbocycles. The number of benzene rings is 2. The molecule has 30 heavy (non-hydrogen) atoms. The molecule has 0 saturated heterocycles. The Labute approximate surface area is 176 Å². The van der Waals surface area contributed by atoms with Crippen LogP contribution >= 0.6 is 11.3 Å². The van der Waals surface area contributed by atoms with Crippen LogP contribution in [0.3, 0.4) is 0 Å². The van der Waals surface area contributed by atoms with Gasteiger partial charge < -0.3 is 15.4 Å². The standard InChI is InChI=1S/C22H16N4O3S/c27-20(19-6-2-13-30-19)25-16-7-9-18(10-8-16)29-21(28)15-4-1-5-17(14-15)26-22-23-11-3-12-24-22/h1-14H,(H,25,27)(H,23,24,26). The fourth-order valence-electron chi connectivity index (χ4n) is 2.59.